The van der Waals surface area contributed by atoms with Gasteiger partial charge in [0.25, 0.3) is 0 Å². The first-order chi connectivity index (χ1) is 12.1. The van der Waals surface area contributed by atoms with Crippen LogP contribution in [0.15, 0.2) is 23.8 Å². The van der Waals surface area contributed by atoms with Crippen LogP contribution in [0.4, 0.5) is 0 Å². The lowest BCUT2D eigenvalue weighted by Gasteiger charge is -2.26. The molecule has 134 valence electrons. The molecule has 1 aromatic carbocycles. The molecule has 0 atom stereocenters. The van der Waals surface area contributed by atoms with Crippen molar-refractivity contribution in [2.45, 2.75) is 6.92 Å². The summed E-state index contributed by atoms with van der Waals surface area (Å²) in [6.07, 6.45) is 1.64. The molecule has 2 N–H and O–H groups in total. The molecule has 0 aliphatic carbocycles. The van der Waals surface area contributed by atoms with Crippen LogP contribution in [0.2, 0.25) is 0 Å². The molecule has 6 nitrogen and oxygen atoms in total. The molecule has 1 aromatic rings. The van der Waals surface area contributed by atoms with E-state index in [0.29, 0.717) is 24.7 Å². The Bertz CT molecular complexity index is 664. The predicted molar refractivity (Wildman–Crippen MR) is 101 cm³/mol. The number of rotatable bonds is 8. The average Bonchev–Trinajstić information content (AvgIpc) is 2.62. The van der Waals surface area contributed by atoms with E-state index in [2.05, 4.69) is 4.90 Å². The Balaban J connectivity index is 2.04. The fourth-order valence-corrected chi connectivity index (χ4v) is 2.54. The number of hydrogen-bond acceptors (Lipinski definition) is 6. The first kappa shape index (κ1) is 19.2. The molecule has 1 aliphatic heterocycles. The summed E-state index contributed by atoms with van der Waals surface area (Å²) < 4.78 is 16.9. The van der Waals surface area contributed by atoms with Crippen molar-refractivity contribution in [3.63, 3.8) is 0 Å². The molecule has 0 amide bonds. The molecule has 0 spiro atoms. The van der Waals surface area contributed by atoms with Gasteiger partial charge in [-0.15, -0.1) is 0 Å². The van der Waals surface area contributed by atoms with Crippen LogP contribution in [0.3, 0.4) is 0 Å². The van der Waals surface area contributed by atoms with Crippen LogP contribution >= 0.6 is 12.2 Å². The van der Waals surface area contributed by atoms with Crippen molar-refractivity contribution >= 4 is 23.3 Å². The van der Waals surface area contributed by atoms with Gasteiger partial charge in [0.15, 0.2) is 11.5 Å². The topological polar surface area (TPSA) is 80.7 Å². The summed E-state index contributed by atoms with van der Waals surface area (Å²) in [7, 11) is 0. The highest BCUT2D eigenvalue weighted by Crippen LogP contribution is 2.29. The third-order valence-corrected chi connectivity index (χ3v) is 3.95. The molecular formula is C18H23N3O3S. The van der Waals surface area contributed by atoms with Crippen LogP contribution in [-0.2, 0) is 4.74 Å². The van der Waals surface area contributed by atoms with Gasteiger partial charge in [-0.1, -0.05) is 18.3 Å². The third kappa shape index (κ3) is 6.02. The van der Waals surface area contributed by atoms with Gasteiger partial charge in [-0.2, -0.15) is 5.26 Å². The zero-order chi connectivity index (χ0) is 18.1. The number of thiocarbonyl (C=S) groups is 1. The molecule has 7 heteroatoms. The van der Waals surface area contributed by atoms with E-state index in [1.807, 2.05) is 31.2 Å². The number of nitrogens with zero attached hydrogens (tertiary/aromatic N) is 2. The molecule has 0 bridgehead atoms. The van der Waals surface area contributed by atoms with Crippen molar-refractivity contribution in [2.24, 2.45) is 5.73 Å². The predicted octanol–water partition coefficient (Wildman–Crippen LogP) is 1.99. The van der Waals surface area contributed by atoms with E-state index in [0.717, 1.165) is 38.4 Å². The van der Waals surface area contributed by atoms with Crippen LogP contribution < -0.4 is 15.2 Å². The molecule has 0 radical (unpaired) electrons. The van der Waals surface area contributed by atoms with Gasteiger partial charge >= 0.3 is 0 Å². The lowest BCUT2D eigenvalue weighted by molar-refractivity contribution is 0.0321. The van der Waals surface area contributed by atoms with Crippen molar-refractivity contribution in [3.8, 4) is 17.6 Å². The van der Waals surface area contributed by atoms with E-state index in [1.54, 1.807) is 6.08 Å². The van der Waals surface area contributed by atoms with Gasteiger partial charge in [-0.25, -0.2) is 0 Å². The third-order valence-electron chi connectivity index (χ3n) is 3.73. The number of ether oxygens (including phenoxy) is 3. The molecule has 1 aliphatic rings. The van der Waals surface area contributed by atoms with Crippen LogP contribution in [-0.4, -0.2) is 56.0 Å². The summed E-state index contributed by atoms with van der Waals surface area (Å²) in [5, 5.41) is 9.07. The zero-order valence-electron chi connectivity index (χ0n) is 14.4. The van der Waals surface area contributed by atoms with Crippen LogP contribution in [0.1, 0.15) is 12.5 Å². The molecule has 1 saturated heterocycles. The highest BCUT2D eigenvalue weighted by Gasteiger charge is 2.11. The van der Waals surface area contributed by atoms with Gasteiger partial charge in [-0.3, -0.25) is 4.90 Å². The van der Waals surface area contributed by atoms with E-state index >= 15 is 0 Å². The molecule has 1 fully saturated rings. The number of nitrogens with two attached hydrogens (primary N) is 1. The second-order valence-electron chi connectivity index (χ2n) is 5.48. The minimum Gasteiger partial charge on any atom is -0.490 e. The molecule has 0 saturated carbocycles. The highest BCUT2D eigenvalue weighted by atomic mass is 32.1. The molecule has 25 heavy (non-hydrogen) atoms. The molecule has 1 heterocycles. The van der Waals surface area contributed by atoms with Crippen LogP contribution in [0.25, 0.3) is 6.08 Å². The lowest BCUT2D eigenvalue weighted by atomic mass is 10.1. The van der Waals surface area contributed by atoms with E-state index in [-0.39, 0.29) is 10.6 Å². The number of benzene rings is 1. The maximum Gasteiger partial charge on any atom is 0.161 e. The summed E-state index contributed by atoms with van der Waals surface area (Å²) in [6.45, 7) is 7.26. The number of morpholine rings is 1. The van der Waals surface area contributed by atoms with E-state index in [9.17, 15) is 0 Å². The van der Waals surface area contributed by atoms with Gasteiger partial charge in [0.2, 0.25) is 0 Å². The SMILES string of the molecule is CCOc1cc(C=C(C#N)C(N)=S)ccc1OCCN1CCOCC1. The molecular weight excluding hydrogens is 338 g/mol. The Morgan fingerprint density at radius 3 is 2.76 bits per heavy atom. The fourth-order valence-electron chi connectivity index (χ4n) is 2.44. The summed E-state index contributed by atoms with van der Waals surface area (Å²) in [5.41, 5.74) is 6.58. The summed E-state index contributed by atoms with van der Waals surface area (Å²) in [4.78, 5) is 2.38. The van der Waals surface area contributed by atoms with Gasteiger partial charge in [0.05, 0.1) is 25.4 Å². The summed E-state index contributed by atoms with van der Waals surface area (Å²) >= 11 is 4.86. The van der Waals surface area contributed by atoms with Crippen molar-refractivity contribution < 1.29 is 14.2 Å². The standard InChI is InChI=1S/C18H23N3O3S/c1-2-23-17-12-14(11-15(13-19)18(20)25)3-4-16(17)24-10-7-21-5-8-22-9-6-21/h3-4,11-12H,2,5-10H2,1H3,(H2,20,25). The Hall–Kier alpha value is -2.14. The smallest absolute Gasteiger partial charge is 0.161 e. The normalized spacial score (nSPS) is 15.4. The Kier molecular flexibility index (Phi) is 7.67. The first-order valence-electron chi connectivity index (χ1n) is 8.25. The number of hydrogen-bond donors (Lipinski definition) is 1. The second kappa shape index (κ2) is 9.99. The van der Waals surface area contributed by atoms with Crippen molar-refractivity contribution in [3.05, 3.63) is 29.3 Å². The monoisotopic (exact) mass is 361 g/mol. The largest absolute Gasteiger partial charge is 0.490 e. The van der Waals surface area contributed by atoms with Gasteiger partial charge < -0.3 is 19.9 Å². The second-order valence-corrected chi connectivity index (χ2v) is 5.92. The summed E-state index contributed by atoms with van der Waals surface area (Å²) in [5.74, 6) is 1.32. The average molecular weight is 361 g/mol. The number of nitriles is 1. The maximum atomic E-state index is 9.07. The zero-order valence-corrected chi connectivity index (χ0v) is 15.2. The van der Waals surface area contributed by atoms with E-state index < -0.39 is 0 Å². The minimum atomic E-state index is 0.0753. The Labute approximate surface area is 153 Å². The van der Waals surface area contributed by atoms with Crippen LogP contribution in [0.5, 0.6) is 11.5 Å². The molecule has 0 unspecified atom stereocenters. The van der Waals surface area contributed by atoms with E-state index in [1.165, 1.54) is 0 Å². The van der Waals surface area contributed by atoms with Gasteiger partial charge in [-0.05, 0) is 30.7 Å². The first-order valence-corrected chi connectivity index (χ1v) is 8.66. The maximum absolute atomic E-state index is 9.07. The van der Waals surface area contributed by atoms with Gasteiger partial charge in [0, 0.05) is 19.6 Å². The molecule has 2 rings (SSSR count). The van der Waals surface area contributed by atoms with Crippen molar-refractivity contribution in [2.75, 3.05) is 46.1 Å². The van der Waals surface area contributed by atoms with Crippen molar-refractivity contribution in [1.29, 1.82) is 5.26 Å². The lowest BCUT2D eigenvalue weighted by Crippen LogP contribution is -2.38. The van der Waals surface area contributed by atoms with Crippen molar-refractivity contribution in [1.82, 2.24) is 4.90 Å². The fraction of sp³-hybridized carbons (Fsp3) is 0.444. The minimum absolute atomic E-state index is 0.0753. The van der Waals surface area contributed by atoms with Gasteiger partial charge in [0.1, 0.15) is 17.7 Å². The molecule has 0 aromatic heterocycles. The van der Waals surface area contributed by atoms with Crippen LogP contribution in [0, 0.1) is 11.3 Å². The summed E-state index contributed by atoms with van der Waals surface area (Å²) in [6, 6.07) is 7.50. The Morgan fingerprint density at radius 1 is 1.36 bits per heavy atom. The highest BCUT2D eigenvalue weighted by molar-refractivity contribution is 7.80. The quantitative estimate of drug-likeness (QED) is 0.431. The Morgan fingerprint density at radius 2 is 2.12 bits per heavy atom. The van der Waals surface area contributed by atoms with E-state index in [4.69, 9.17) is 37.4 Å².